The van der Waals surface area contributed by atoms with Gasteiger partial charge in [-0.25, -0.2) is 0 Å². The van der Waals surface area contributed by atoms with Gasteiger partial charge in [-0.15, -0.1) is 0 Å². The number of primary amides is 1. The van der Waals surface area contributed by atoms with Crippen LogP contribution in [0.15, 0.2) is 18.2 Å². The van der Waals surface area contributed by atoms with Gasteiger partial charge in [-0.2, -0.15) is 5.26 Å². The molecule has 1 rings (SSSR count). The zero-order chi connectivity index (χ0) is 12.1. The maximum atomic E-state index is 11.0. The fourth-order valence-electron chi connectivity index (χ4n) is 1.29. The van der Waals surface area contributed by atoms with Gasteiger partial charge in [0, 0.05) is 0 Å². The van der Waals surface area contributed by atoms with Crippen LogP contribution in [0.5, 0.6) is 5.75 Å². The number of aryl methyl sites for hydroxylation is 1. The Bertz CT molecular complexity index is 435. The number of amides is 1. The van der Waals surface area contributed by atoms with E-state index in [-0.39, 0.29) is 0 Å². The molecule has 0 spiro atoms. The van der Waals surface area contributed by atoms with Crippen LogP contribution in [0.2, 0.25) is 0 Å². The van der Waals surface area contributed by atoms with Gasteiger partial charge in [-0.1, -0.05) is 13.0 Å². The maximum absolute atomic E-state index is 11.0. The molecular formula is C12H14N2O2. The molecule has 1 unspecified atom stereocenters. The topological polar surface area (TPSA) is 76.1 Å². The lowest BCUT2D eigenvalue weighted by Crippen LogP contribution is -2.33. The van der Waals surface area contributed by atoms with Crippen LogP contribution in [0.1, 0.15) is 24.5 Å². The van der Waals surface area contributed by atoms with E-state index in [0.29, 0.717) is 17.7 Å². The molecule has 0 heterocycles. The molecule has 2 N–H and O–H groups in total. The van der Waals surface area contributed by atoms with Crippen LogP contribution in [0.4, 0.5) is 0 Å². The van der Waals surface area contributed by atoms with E-state index in [4.69, 9.17) is 15.7 Å². The van der Waals surface area contributed by atoms with Crippen molar-refractivity contribution in [1.82, 2.24) is 0 Å². The molecule has 4 heteroatoms. The Hall–Kier alpha value is -2.02. The number of carbonyl (C=O) groups is 1. The second-order valence-corrected chi connectivity index (χ2v) is 3.51. The van der Waals surface area contributed by atoms with E-state index >= 15 is 0 Å². The van der Waals surface area contributed by atoms with E-state index in [1.165, 1.54) is 0 Å². The first-order chi connectivity index (χ1) is 7.58. The van der Waals surface area contributed by atoms with Crippen molar-refractivity contribution < 1.29 is 9.53 Å². The van der Waals surface area contributed by atoms with E-state index in [0.717, 1.165) is 5.56 Å². The molecule has 0 radical (unpaired) electrons. The van der Waals surface area contributed by atoms with Gasteiger partial charge in [0.15, 0.2) is 6.10 Å². The quantitative estimate of drug-likeness (QED) is 0.832. The fourth-order valence-corrected chi connectivity index (χ4v) is 1.29. The van der Waals surface area contributed by atoms with Crippen molar-refractivity contribution in [2.75, 3.05) is 0 Å². The lowest BCUT2D eigenvalue weighted by atomic mass is 10.1. The molecule has 1 aromatic carbocycles. The van der Waals surface area contributed by atoms with E-state index in [1.54, 1.807) is 18.2 Å². The summed E-state index contributed by atoms with van der Waals surface area (Å²) in [5.74, 6) is 0.0361. The predicted molar refractivity (Wildman–Crippen MR) is 59.8 cm³/mol. The van der Waals surface area contributed by atoms with Gasteiger partial charge in [0.1, 0.15) is 5.75 Å². The Morgan fingerprint density at radius 1 is 1.62 bits per heavy atom. The molecule has 0 aliphatic heterocycles. The molecule has 0 aliphatic carbocycles. The first-order valence-electron chi connectivity index (χ1n) is 5.05. The molecule has 0 aromatic heterocycles. The third-order valence-corrected chi connectivity index (χ3v) is 2.27. The molecule has 0 saturated carbocycles. The normalized spacial score (nSPS) is 11.6. The lowest BCUT2D eigenvalue weighted by Gasteiger charge is -2.15. The minimum Gasteiger partial charge on any atom is -0.480 e. The second kappa shape index (κ2) is 5.17. The predicted octanol–water partition coefficient (Wildman–Crippen LogP) is 1.51. The van der Waals surface area contributed by atoms with Crippen LogP contribution in [0.25, 0.3) is 0 Å². The first-order valence-corrected chi connectivity index (χ1v) is 5.05. The molecule has 1 aromatic rings. The highest BCUT2D eigenvalue weighted by atomic mass is 16.5. The molecule has 84 valence electrons. The summed E-state index contributed by atoms with van der Waals surface area (Å²) in [5.41, 5.74) is 6.56. The van der Waals surface area contributed by atoms with Crippen molar-refractivity contribution in [2.24, 2.45) is 5.73 Å². The monoisotopic (exact) mass is 218 g/mol. The van der Waals surface area contributed by atoms with Gasteiger partial charge in [-0.05, 0) is 31.0 Å². The summed E-state index contributed by atoms with van der Waals surface area (Å²) < 4.78 is 5.47. The molecule has 0 fully saturated rings. The van der Waals surface area contributed by atoms with E-state index in [2.05, 4.69) is 0 Å². The minimum atomic E-state index is -0.646. The molecule has 1 amide bonds. The van der Waals surface area contributed by atoms with Crippen LogP contribution < -0.4 is 10.5 Å². The van der Waals surface area contributed by atoms with Crippen molar-refractivity contribution >= 4 is 5.91 Å². The minimum absolute atomic E-state index is 0.496. The fraction of sp³-hybridized carbons (Fsp3) is 0.333. The summed E-state index contributed by atoms with van der Waals surface area (Å²) in [7, 11) is 0. The number of rotatable bonds is 4. The first kappa shape index (κ1) is 12.1. The van der Waals surface area contributed by atoms with Gasteiger partial charge in [0.25, 0.3) is 5.91 Å². The zero-order valence-corrected chi connectivity index (χ0v) is 9.36. The zero-order valence-electron chi connectivity index (χ0n) is 9.36. The van der Waals surface area contributed by atoms with Crippen molar-refractivity contribution in [3.05, 3.63) is 29.3 Å². The van der Waals surface area contributed by atoms with Gasteiger partial charge in [0.2, 0.25) is 0 Å². The molecule has 0 saturated heterocycles. The molecule has 0 bridgehead atoms. The number of ether oxygens (including phenoxy) is 1. The Morgan fingerprint density at radius 3 is 2.81 bits per heavy atom. The van der Waals surface area contributed by atoms with Gasteiger partial charge in [-0.3, -0.25) is 4.79 Å². The van der Waals surface area contributed by atoms with Crippen LogP contribution in [-0.4, -0.2) is 12.0 Å². The smallest absolute Gasteiger partial charge is 0.258 e. The Morgan fingerprint density at radius 2 is 2.31 bits per heavy atom. The number of nitrogens with two attached hydrogens (primary N) is 1. The van der Waals surface area contributed by atoms with Crippen molar-refractivity contribution in [3.8, 4) is 11.8 Å². The maximum Gasteiger partial charge on any atom is 0.258 e. The standard InChI is InChI=1S/C12H14N2O2/c1-3-10(12(14)15)16-11-6-9(7-13)5-4-8(11)2/h4-6,10H,3H2,1-2H3,(H2,14,15). The van der Waals surface area contributed by atoms with E-state index < -0.39 is 12.0 Å². The molecular weight excluding hydrogens is 204 g/mol. The average molecular weight is 218 g/mol. The molecule has 0 aliphatic rings. The molecule has 1 atom stereocenters. The number of nitrogens with zero attached hydrogens (tertiary/aromatic N) is 1. The highest BCUT2D eigenvalue weighted by Crippen LogP contribution is 2.21. The highest BCUT2D eigenvalue weighted by molar-refractivity contribution is 5.79. The van der Waals surface area contributed by atoms with Crippen LogP contribution in [0, 0.1) is 18.3 Å². The van der Waals surface area contributed by atoms with Gasteiger partial charge >= 0.3 is 0 Å². The number of hydrogen-bond donors (Lipinski definition) is 1. The third-order valence-electron chi connectivity index (χ3n) is 2.27. The van der Waals surface area contributed by atoms with Crippen LogP contribution in [-0.2, 0) is 4.79 Å². The Labute approximate surface area is 94.6 Å². The van der Waals surface area contributed by atoms with Crippen LogP contribution >= 0.6 is 0 Å². The number of nitriles is 1. The summed E-state index contributed by atoms with van der Waals surface area (Å²) in [4.78, 5) is 11.0. The summed E-state index contributed by atoms with van der Waals surface area (Å²) in [6.45, 7) is 3.67. The molecule has 16 heavy (non-hydrogen) atoms. The van der Waals surface area contributed by atoms with Crippen molar-refractivity contribution in [2.45, 2.75) is 26.4 Å². The van der Waals surface area contributed by atoms with E-state index in [1.807, 2.05) is 19.9 Å². The second-order valence-electron chi connectivity index (χ2n) is 3.51. The Kier molecular flexibility index (Phi) is 3.90. The third kappa shape index (κ3) is 2.74. The summed E-state index contributed by atoms with van der Waals surface area (Å²) >= 11 is 0. The van der Waals surface area contributed by atoms with Crippen molar-refractivity contribution in [1.29, 1.82) is 5.26 Å². The average Bonchev–Trinajstić information content (AvgIpc) is 2.27. The van der Waals surface area contributed by atoms with E-state index in [9.17, 15) is 4.79 Å². The van der Waals surface area contributed by atoms with Crippen LogP contribution in [0.3, 0.4) is 0 Å². The number of carbonyl (C=O) groups excluding carboxylic acids is 1. The highest BCUT2D eigenvalue weighted by Gasteiger charge is 2.15. The lowest BCUT2D eigenvalue weighted by molar-refractivity contribution is -0.124. The van der Waals surface area contributed by atoms with Gasteiger partial charge < -0.3 is 10.5 Å². The van der Waals surface area contributed by atoms with Gasteiger partial charge in [0.05, 0.1) is 11.6 Å². The summed E-state index contributed by atoms with van der Waals surface area (Å²) in [6.07, 6.45) is -0.140. The molecule has 4 nitrogen and oxygen atoms in total. The SMILES string of the molecule is CCC(Oc1cc(C#N)ccc1C)C(N)=O. The largest absolute Gasteiger partial charge is 0.480 e. The summed E-state index contributed by atoms with van der Waals surface area (Å²) in [6, 6.07) is 7.11. The van der Waals surface area contributed by atoms with Crippen molar-refractivity contribution in [3.63, 3.8) is 0 Å². The summed E-state index contributed by atoms with van der Waals surface area (Å²) in [5, 5.41) is 8.76. The number of benzene rings is 1. The Balaban J connectivity index is 2.96. The number of hydrogen-bond acceptors (Lipinski definition) is 3.